The zero-order chi connectivity index (χ0) is 10.6. The lowest BCUT2D eigenvalue weighted by Gasteiger charge is -2.04. The van der Waals surface area contributed by atoms with Gasteiger partial charge in [0.25, 0.3) is 5.56 Å². The third-order valence-electron chi connectivity index (χ3n) is 1.46. The smallest absolute Gasteiger partial charge is 0.255 e. The van der Waals surface area contributed by atoms with Crippen molar-refractivity contribution in [2.24, 2.45) is 5.92 Å². The molecule has 0 saturated carbocycles. The highest BCUT2D eigenvalue weighted by Crippen LogP contribution is 2.16. The van der Waals surface area contributed by atoms with E-state index in [9.17, 15) is 4.79 Å². The third-order valence-corrected chi connectivity index (χ3v) is 2.76. The molecule has 1 N–H and O–H groups in total. The second kappa shape index (κ2) is 5.05. The first-order chi connectivity index (χ1) is 6.61. The van der Waals surface area contributed by atoms with Crippen molar-refractivity contribution in [2.45, 2.75) is 19.0 Å². The number of thioether (sulfide) groups is 1. The van der Waals surface area contributed by atoms with Crippen molar-refractivity contribution in [3.05, 3.63) is 16.4 Å². The molecule has 14 heavy (non-hydrogen) atoms. The van der Waals surface area contributed by atoms with E-state index in [0.29, 0.717) is 17.0 Å². The molecule has 0 aliphatic carbocycles. The fourth-order valence-corrected chi connectivity index (χ4v) is 1.65. The van der Waals surface area contributed by atoms with Gasteiger partial charge in [0, 0.05) is 5.75 Å². The summed E-state index contributed by atoms with van der Waals surface area (Å²) in [4.78, 5) is 17.9. The number of methoxy groups -OCH3 is 1. The highest BCUT2D eigenvalue weighted by atomic mass is 32.2. The summed E-state index contributed by atoms with van der Waals surface area (Å²) < 4.78 is 4.90. The SMILES string of the molecule is COc1cc(=O)[nH]c(SCC(C)C)n1. The minimum Gasteiger partial charge on any atom is -0.481 e. The van der Waals surface area contributed by atoms with Crippen molar-refractivity contribution in [2.75, 3.05) is 12.9 Å². The summed E-state index contributed by atoms with van der Waals surface area (Å²) in [5.74, 6) is 1.85. The second-order valence-electron chi connectivity index (χ2n) is 3.30. The first kappa shape index (κ1) is 11.1. The van der Waals surface area contributed by atoms with Crippen LogP contribution in [0.4, 0.5) is 0 Å². The van der Waals surface area contributed by atoms with Gasteiger partial charge in [-0.3, -0.25) is 4.79 Å². The number of nitrogens with one attached hydrogen (secondary N) is 1. The summed E-state index contributed by atoms with van der Waals surface area (Å²) in [6.45, 7) is 4.23. The van der Waals surface area contributed by atoms with Gasteiger partial charge < -0.3 is 9.72 Å². The number of ether oxygens (including phenoxy) is 1. The predicted molar refractivity (Wildman–Crippen MR) is 57.0 cm³/mol. The van der Waals surface area contributed by atoms with Gasteiger partial charge in [0.1, 0.15) is 0 Å². The highest BCUT2D eigenvalue weighted by Gasteiger charge is 2.02. The lowest BCUT2D eigenvalue weighted by atomic mass is 10.3. The highest BCUT2D eigenvalue weighted by molar-refractivity contribution is 7.99. The van der Waals surface area contributed by atoms with Crippen LogP contribution in [0.25, 0.3) is 0 Å². The summed E-state index contributed by atoms with van der Waals surface area (Å²) in [6, 6.07) is 1.33. The van der Waals surface area contributed by atoms with E-state index >= 15 is 0 Å². The van der Waals surface area contributed by atoms with E-state index in [1.54, 1.807) is 0 Å². The quantitative estimate of drug-likeness (QED) is 0.610. The van der Waals surface area contributed by atoms with Gasteiger partial charge in [0.05, 0.1) is 13.2 Å². The molecule has 0 saturated heterocycles. The van der Waals surface area contributed by atoms with Crippen molar-refractivity contribution in [1.82, 2.24) is 9.97 Å². The molecule has 0 atom stereocenters. The van der Waals surface area contributed by atoms with Gasteiger partial charge in [-0.1, -0.05) is 25.6 Å². The van der Waals surface area contributed by atoms with E-state index in [0.717, 1.165) is 5.75 Å². The molecule has 0 aromatic carbocycles. The van der Waals surface area contributed by atoms with Gasteiger partial charge in [0.2, 0.25) is 5.88 Å². The average Bonchev–Trinajstić information content (AvgIpc) is 2.14. The Morgan fingerprint density at radius 2 is 2.36 bits per heavy atom. The Kier molecular flexibility index (Phi) is 4.00. The van der Waals surface area contributed by atoms with E-state index in [4.69, 9.17) is 4.74 Å². The normalized spacial score (nSPS) is 10.6. The number of hydrogen-bond donors (Lipinski definition) is 1. The maximum Gasteiger partial charge on any atom is 0.255 e. The van der Waals surface area contributed by atoms with E-state index in [1.807, 2.05) is 0 Å². The Morgan fingerprint density at radius 1 is 1.64 bits per heavy atom. The fourth-order valence-electron chi connectivity index (χ4n) is 0.832. The van der Waals surface area contributed by atoms with Crippen LogP contribution in [-0.4, -0.2) is 22.8 Å². The summed E-state index contributed by atoms with van der Waals surface area (Å²) in [5, 5.41) is 0.614. The van der Waals surface area contributed by atoms with E-state index in [1.165, 1.54) is 24.9 Å². The molecule has 0 radical (unpaired) electrons. The summed E-state index contributed by atoms with van der Waals surface area (Å²) in [7, 11) is 1.50. The molecule has 0 amide bonds. The zero-order valence-corrected chi connectivity index (χ0v) is 9.35. The van der Waals surface area contributed by atoms with Gasteiger partial charge in [-0.25, -0.2) is 0 Å². The van der Waals surface area contributed by atoms with Crippen LogP contribution in [0.5, 0.6) is 5.88 Å². The first-order valence-electron chi connectivity index (χ1n) is 4.40. The standard InChI is InChI=1S/C9H14N2O2S/c1-6(2)5-14-9-10-7(12)4-8(11-9)13-3/h4,6H,5H2,1-3H3,(H,10,11,12). The minimum absolute atomic E-state index is 0.178. The molecule has 0 bridgehead atoms. The first-order valence-corrected chi connectivity index (χ1v) is 5.38. The molecule has 0 fully saturated rings. The molecule has 0 aliphatic heterocycles. The van der Waals surface area contributed by atoms with Crippen LogP contribution in [0.1, 0.15) is 13.8 Å². The summed E-state index contributed by atoms with van der Waals surface area (Å²) in [5.41, 5.74) is -0.178. The number of rotatable bonds is 4. The summed E-state index contributed by atoms with van der Waals surface area (Å²) in [6.07, 6.45) is 0. The lowest BCUT2D eigenvalue weighted by Crippen LogP contribution is -2.08. The maximum atomic E-state index is 11.1. The number of aromatic nitrogens is 2. The zero-order valence-electron chi connectivity index (χ0n) is 8.53. The Balaban J connectivity index is 2.76. The van der Waals surface area contributed by atoms with Crippen LogP contribution in [0.15, 0.2) is 16.0 Å². The number of hydrogen-bond acceptors (Lipinski definition) is 4. The molecule has 0 unspecified atom stereocenters. The largest absolute Gasteiger partial charge is 0.481 e. The second-order valence-corrected chi connectivity index (χ2v) is 4.31. The van der Waals surface area contributed by atoms with Crippen molar-refractivity contribution >= 4 is 11.8 Å². The number of aromatic amines is 1. The summed E-state index contributed by atoms with van der Waals surface area (Å²) >= 11 is 1.53. The molecule has 5 heteroatoms. The van der Waals surface area contributed by atoms with Crippen LogP contribution in [-0.2, 0) is 0 Å². The Labute approximate surface area is 87.1 Å². The van der Waals surface area contributed by atoms with E-state index < -0.39 is 0 Å². The lowest BCUT2D eigenvalue weighted by molar-refractivity contribution is 0.391. The van der Waals surface area contributed by atoms with E-state index in [-0.39, 0.29) is 5.56 Å². The fraction of sp³-hybridized carbons (Fsp3) is 0.556. The van der Waals surface area contributed by atoms with Crippen molar-refractivity contribution in [1.29, 1.82) is 0 Å². The Morgan fingerprint density at radius 3 is 2.93 bits per heavy atom. The van der Waals surface area contributed by atoms with Gasteiger partial charge in [0.15, 0.2) is 5.16 Å². The third kappa shape index (κ3) is 3.41. The number of H-pyrrole nitrogens is 1. The predicted octanol–water partition coefficient (Wildman–Crippen LogP) is 1.53. The van der Waals surface area contributed by atoms with Crippen molar-refractivity contribution in [3.63, 3.8) is 0 Å². The van der Waals surface area contributed by atoms with Crippen LogP contribution < -0.4 is 10.3 Å². The molecule has 1 heterocycles. The number of nitrogens with zero attached hydrogens (tertiary/aromatic N) is 1. The molecule has 1 rings (SSSR count). The maximum absolute atomic E-state index is 11.1. The van der Waals surface area contributed by atoms with Gasteiger partial charge >= 0.3 is 0 Å². The average molecular weight is 214 g/mol. The monoisotopic (exact) mass is 214 g/mol. The van der Waals surface area contributed by atoms with Gasteiger partial charge in [-0.2, -0.15) is 4.98 Å². The molecule has 4 nitrogen and oxygen atoms in total. The molecular weight excluding hydrogens is 200 g/mol. The Hall–Kier alpha value is -0.970. The van der Waals surface area contributed by atoms with Crippen molar-refractivity contribution < 1.29 is 4.74 Å². The van der Waals surface area contributed by atoms with Gasteiger partial charge in [-0.15, -0.1) is 0 Å². The molecule has 78 valence electrons. The molecule has 0 spiro atoms. The van der Waals surface area contributed by atoms with Crippen LogP contribution in [0, 0.1) is 5.92 Å². The molecule has 1 aromatic rings. The van der Waals surface area contributed by atoms with Crippen molar-refractivity contribution in [3.8, 4) is 5.88 Å². The van der Waals surface area contributed by atoms with E-state index in [2.05, 4.69) is 23.8 Å². The van der Waals surface area contributed by atoms with Gasteiger partial charge in [-0.05, 0) is 5.92 Å². The minimum atomic E-state index is -0.178. The molecular formula is C9H14N2O2S. The van der Waals surface area contributed by atoms with Crippen LogP contribution in [0.2, 0.25) is 0 Å². The molecule has 1 aromatic heterocycles. The van der Waals surface area contributed by atoms with Crippen LogP contribution >= 0.6 is 11.8 Å². The Bertz CT molecular complexity index is 349. The van der Waals surface area contributed by atoms with Crippen LogP contribution in [0.3, 0.4) is 0 Å². The topological polar surface area (TPSA) is 55.0 Å². The molecule has 0 aliphatic rings.